The van der Waals surface area contributed by atoms with E-state index in [2.05, 4.69) is 10.1 Å². The summed E-state index contributed by atoms with van der Waals surface area (Å²) >= 11 is 0. The lowest BCUT2D eigenvalue weighted by Gasteiger charge is -2.19. The number of hydrogen-bond donors (Lipinski definition) is 1. The van der Waals surface area contributed by atoms with Crippen LogP contribution in [0, 0.1) is 0 Å². The molecule has 0 fully saturated rings. The van der Waals surface area contributed by atoms with Gasteiger partial charge in [-0.3, -0.25) is 5.32 Å². The Balaban J connectivity index is 2.72. The number of amides is 1. The minimum Gasteiger partial charge on any atom is -0.465 e. The molecule has 0 bridgehead atoms. The van der Waals surface area contributed by atoms with Crippen molar-refractivity contribution in [3.63, 3.8) is 0 Å². The second kappa shape index (κ2) is 4.90. The molecule has 6 nitrogen and oxygen atoms in total. The number of carbonyl (C=O) groups is 2. The Morgan fingerprint density at radius 2 is 2.00 bits per heavy atom. The van der Waals surface area contributed by atoms with Crippen molar-refractivity contribution in [2.45, 2.75) is 26.4 Å². The molecule has 0 saturated carbocycles. The average molecular weight is 241 g/mol. The highest BCUT2D eigenvalue weighted by molar-refractivity contribution is 5.97. The Morgan fingerprint density at radius 1 is 1.35 bits per heavy atom. The molecule has 0 saturated heterocycles. The van der Waals surface area contributed by atoms with E-state index in [0.29, 0.717) is 0 Å². The predicted octanol–water partition coefficient (Wildman–Crippen LogP) is 2.41. The summed E-state index contributed by atoms with van der Waals surface area (Å²) in [4.78, 5) is 22.7. The van der Waals surface area contributed by atoms with Crippen LogP contribution in [0.15, 0.2) is 16.7 Å². The van der Waals surface area contributed by atoms with Crippen molar-refractivity contribution in [3.05, 3.63) is 17.9 Å². The van der Waals surface area contributed by atoms with E-state index in [4.69, 9.17) is 9.15 Å². The van der Waals surface area contributed by atoms with Gasteiger partial charge in [-0.2, -0.15) is 0 Å². The molecular formula is C11H15NO5. The molecule has 0 aliphatic heterocycles. The van der Waals surface area contributed by atoms with Gasteiger partial charge in [-0.15, -0.1) is 0 Å². The normalized spacial score (nSPS) is 10.8. The van der Waals surface area contributed by atoms with Gasteiger partial charge in [0.15, 0.2) is 0 Å². The Labute approximate surface area is 98.9 Å². The van der Waals surface area contributed by atoms with Crippen molar-refractivity contribution in [1.29, 1.82) is 0 Å². The number of ether oxygens (including phenoxy) is 2. The standard InChI is InChI=1S/C11H15NO5/c1-11(2,3)17-10(14)12-8-7(5-6-16-8)9(13)15-4/h5-6H,1-4H3,(H,12,14). The van der Waals surface area contributed by atoms with Crippen molar-refractivity contribution in [1.82, 2.24) is 0 Å². The molecule has 0 aliphatic rings. The molecular weight excluding hydrogens is 226 g/mol. The molecule has 6 heteroatoms. The summed E-state index contributed by atoms with van der Waals surface area (Å²) in [5, 5.41) is 2.33. The number of hydrogen-bond acceptors (Lipinski definition) is 5. The minimum absolute atomic E-state index is 0.00565. The van der Waals surface area contributed by atoms with E-state index in [0.717, 1.165) is 0 Å². The number of carbonyl (C=O) groups excluding carboxylic acids is 2. The third kappa shape index (κ3) is 3.82. The fraction of sp³-hybridized carbons (Fsp3) is 0.455. The molecule has 1 heterocycles. The van der Waals surface area contributed by atoms with Crippen LogP contribution in [0.25, 0.3) is 0 Å². The van der Waals surface area contributed by atoms with Gasteiger partial charge in [-0.25, -0.2) is 9.59 Å². The molecule has 0 aliphatic carbocycles. The average Bonchev–Trinajstić information content (AvgIpc) is 2.61. The quantitative estimate of drug-likeness (QED) is 0.804. The Morgan fingerprint density at radius 3 is 2.53 bits per heavy atom. The maximum atomic E-state index is 11.4. The molecule has 0 spiro atoms. The highest BCUT2D eigenvalue weighted by atomic mass is 16.6. The number of methoxy groups -OCH3 is 1. The van der Waals surface area contributed by atoms with Gasteiger partial charge >= 0.3 is 12.1 Å². The molecule has 1 aromatic rings. The van der Waals surface area contributed by atoms with Crippen LogP contribution in [-0.2, 0) is 9.47 Å². The van der Waals surface area contributed by atoms with Crippen LogP contribution in [0.3, 0.4) is 0 Å². The first kappa shape index (κ1) is 13.1. The lowest BCUT2D eigenvalue weighted by atomic mass is 10.2. The SMILES string of the molecule is COC(=O)c1ccoc1NC(=O)OC(C)(C)C. The number of anilines is 1. The summed E-state index contributed by atoms with van der Waals surface area (Å²) in [5.41, 5.74) is -0.486. The molecule has 0 unspecified atom stereocenters. The fourth-order valence-corrected chi connectivity index (χ4v) is 1.07. The first-order chi connectivity index (χ1) is 7.83. The highest BCUT2D eigenvalue weighted by Crippen LogP contribution is 2.19. The molecule has 1 rings (SSSR count). The smallest absolute Gasteiger partial charge is 0.414 e. The van der Waals surface area contributed by atoms with Crippen LogP contribution in [0.4, 0.5) is 10.7 Å². The zero-order valence-electron chi connectivity index (χ0n) is 10.2. The number of esters is 1. The molecule has 0 atom stereocenters. The van der Waals surface area contributed by atoms with Crippen LogP contribution < -0.4 is 5.32 Å². The molecule has 0 radical (unpaired) electrons. The van der Waals surface area contributed by atoms with Crippen molar-refractivity contribution in [2.75, 3.05) is 12.4 Å². The fourth-order valence-electron chi connectivity index (χ4n) is 1.07. The second-order valence-corrected chi connectivity index (χ2v) is 4.28. The second-order valence-electron chi connectivity index (χ2n) is 4.28. The minimum atomic E-state index is -0.697. The van der Waals surface area contributed by atoms with Gasteiger partial charge in [0.25, 0.3) is 0 Å². The third-order valence-corrected chi connectivity index (χ3v) is 1.69. The number of rotatable bonds is 2. The van der Waals surface area contributed by atoms with E-state index in [1.165, 1.54) is 19.4 Å². The number of nitrogens with one attached hydrogen (secondary N) is 1. The van der Waals surface area contributed by atoms with Crippen LogP contribution in [0.5, 0.6) is 0 Å². The predicted molar refractivity (Wildman–Crippen MR) is 59.9 cm³/mol. The molecule has 94 valence electrons. The number of furan rings is 1. The maximum Gasteiger partial charge on any atom is 0.414 e. The Bertz CT molecular complexity index is 416. The van der Waals surface area contributed by atoms with E-state index in [1.807, 2.05) is 0 Å². The lowest BCUT2D eigenvalue weighted by Crippen LogP contribution is -2.27. The first-order valence-corrected chi connectivity index (χ1v) is 4.99. The lowest BCUT2D eigenvalue weighted by molar-refractivity contribution is 0.0601. The van der Waals surface area contributed by atoms with Gasteiger partial charge in [0.1, 0.15) is 11.2 Å². The highest BCUT2D eigenvalue weighted by Gasteiger charge is 2.21. The van der Waals surface area contributed by atoms with Crippen molar-refractivity contribution < 1.29 is 23.5 Å². The van der Waals surface area contributed by atoms with Gasteiger partial charge < -0.3 is 13.9 Å². The van der Waals surface area contributed by atoms with Crippen LogP contribution in [0.1, 0.15) is 31.1 Å². The summed E-state index contributed by atoms with van der Waals surface area (Å²) in [5.74, 6) is -0.587. The van der Waals surface area contributed by atoms with Crippen LogP contribution >= 0.6 is 0 Å². The van der Waals surface area contributed by atoms with E-state index in [-0.39, 0.29) is 11.4 Å². The van der Waals surface area contributed by atoms with Crippen LogP contribution in [-0.4, -0.2) is 24.8 Å². The van der Waals surface area contributed by atoms with E-state index >= 15 is 0 Å². The van der Waals surface area contributed by atoms with Crippen molar-refractivity contribution >= 4 is 17.9 Å². The van der Waals surface area contributed by atoms with E-state index < -0.39 is 17.7 Å². The van der Waals surface area contributed by atoms with Gasteiger partial charge in [0, 0.05) is 0 Å². The third-order valence-electron chi connectivity index (χ3n) is 1.69. The van der Waals surface area contributed by atoms with Gasteiger partial charge in [-0.05, 0) is 26.8 Å². The zero-order valence-corrected chi connectivity index (χ0v) is 10.2. The monoisotopic (exact) mass is 241 g/mol. The first-order valence-electron chi connectivity index (χ1n) is 4.99. The van der Waals surface area contributed by atoms with Crippen molar-refractivity contribution in [2.24, 2.45) is 0 Å². The Kier molecular flexibility index (Phi) is 3.77. The molecule has 1 N–H and O–H groups in total. The van der Waals surface area contributed by atoms with E-state index in [1.54, 1.807) is 20.8 Å². The van der Waals surface area contributed by atoms with Gasteiger partial charge in [-0.1, -0.05) is 0 Å². The van der Waals surface area contributed by atoms with Gasteiger partial charge in [0.05, 0.1) is 13.4 Å². The van der Waals surface area contributed by atoms with Crippen molar-refractivity contribution in [3.8, 4) is 0 Å². The van der Waals surface area contributed by atoms with Gasteiger partial charge in [0.2, 0.25) is 5.88 Å². The van der Waals surface area contributed by atoms with E-state index in [9.17, 15) is 9.59 Å². The molecule has 17 heavy (non-hydrogen) atoms. The molecule has 1 amide bonds. The summed E-state index contributed by atoms with van der Waals surface area (Å²) in [7, 11) is 1.24. The molecule has 0 aromatic carbocycles. The zero-order chi connectivity index (χ0) is 13.1. The summed E-state index contributed by atoms with van der Waals surface area (Å²) in [6, 6.07) is 1.40. The largest absolute Gasteiger partial charge is 0.465 e. The summed E-state index contributed by atoms with van der Waals surface area (Å²) < 4.78 is 14.5. The Hall–Kier alpha value is -1.98. The maximum absolute atomic E-state index is 11.4. The summed E-state index contributed by atoms with van der Waals surface area (Å²) in [6.07, 6.45) is 0.580. The van der Waals surface area contributed by atoms with Crippen LogP contribution in [0.2, 0.25) is 0 Å². The summed E-state index contributed by atoms with van der Waals surface area (Å²) in [6.45, 7) is 5.20. The molecule has 1 aromatic heterocycles. The topological polar surface area (TPSA) is 77.8 Å².